The molecule has 0 spiro atoms. The lowest BCUT2D eigenvalue weighted by atomic mass is 10.00. The number of ether oxygens (including phenoxy) is 2. The molecule has 2 amide bonds. The molecule has 29 heavy (non-hydrogen) atoms. The number of benzene rings is 1. The number of imide groups is 1. The van der Waals surface area contributed by atoms with E-state index in [0.29, 0.717) is 11.5 Å². The van der Waals surface area contributed by atoms with Gasteiger partial charge in [-0.2, -0.15) is 4.31 Å². The summed E-state index contributed by atoms with van der Waals surface area (Å²) < 4.78 is 37.6. The SMILES string of the molecule is COc1cccc(OCCN2C(=O)C3CN(S(=O)(=O)c4cccs4)CC3C2=O)c1. The fraction of sp³-hybridized carbons (Fsp3) is 0.368. The van der Waals surface area contributed by atoms with Crippen LogP contribution in [0.15, 0.2) is 46.0 Å². The van der Waals surface area contributed by atoms with E-state index in [-0.39, 0.29) is 42.3 Å². The molecule has 2 aliphatic heterocycles. The van der Waals surface area contributed by atoms with Gasteiger partial charge in [0.2, 0.25) is 11.8 Å². The van der Waals surface area contributed by atoms with Crippen molar-refractivity contribution in [2.75, 3.05) is 33.4 Å². The molecule has 2 aliphatic rings. The molecule has 0 saturated carbocycles. The second-order valence-electron chi connectivity index (χ2n) is 6.82. The zero-order valence-electron chi connectivity index (χ0n) is 15.7. The number of hydrogen-bond acceptors (Lipinski definition) is 7. The minimum Gasteiger partial charge on any atom is -0.497 e. The van der Waals surface area contributed by atoms with E-state index >= 15 is 0 Å². The predicted molar refractivity (Wildman–Crippen MR) is 105 cm³/mol. The molecule has 1 aromatic carbocycles. The van der Waals surface area contributed by atoms with Crippen LogP contribution in [0, 0.1) is 11.8 Å². The summed E-state index contributed by atoms with van der Waals surface area (Å²) >= 11 is 1.12. The van der Waals surface area contributed by atoms with Crippen LogP contribution >= 0.6 is 11.3 Å². The minimum absolute atomic E-state index is 0.0305. The van der Waals surface area contributed by atoms with E-state index in [9.17, 15) is 18.0 Å². The van der Waals surface area contributed by atoms with Crippen LogP contribution in [0.4, 0.5) is 0 Å². The van der Waals surface area contributed by atoms with Gasteiger partial charge in [0.05, 0.1) is 25.5 Å². The number of hydrogen-bond donors (Lipinski definition) is 0. The average molecular weight is 437 g/mol. The minimum atomic E-state index is -3.67. The van der Waals surface area contributed by atoms with Crippen molar-refractivity contribution in [1.82, 2.24) is 9.21 Å². The maximum Gasteiger partial charge on any atom is 0.252 e. The topological polar surface area (TPSA) is 93.2 Å². The van der Waals surface area contributed by atoms with E-state index in [1.807, 2.05) is 0 Å². The van der Waals surface area contributed by atoms with Crippen LogP contribution in [0.1, 0.15) is 0 Å². The summed E-state index contributed by atoms with van der Waals surface area (Å²) in [6.45, 7) is 0.340. The molecule has 1 aromatic heterocycles. The molecule has 10 heteroatoms. The van der Waals surface area contributed by atoms with Crippen LogP contribution in [0.3, 0.4) is 0 Å². The molecular formula is C19H20N2O6S2. The first-order valence-electron chi connectivity index (χ1n) is 9.07. The largest absolute Gasteiger partial charge is 0.497 e. The average Bonchev–Trinajstić information content (AvgIpc) is 3.44. The van der Waals surface area contributed by atoms with Gasteiger partial charge >= 0.3 is 0 Å². The number of carbonyl (C=O) groups excluding carboxylic acids is 2. The molecule has 2 unspecified atom stereocenters. The number of thiophene rings is 1. The first kappa shape index (κ1) is 19.9. The van der Waals surface area contributed by atoms with Crippen LogP contribution in [-0.2, 0) is 19.6 Å². The fourth-order valence-electron chi connectivity index (χ4n) is 3.68. The van der Waals surface area contributed by atoms with Crippen LogP contribution < -0.4 is 9.47 Å². The van der Waals surface area contributed by atoms with Gasteiger partial charge in [-0.25, -0.2) is 8.42 Å². The number of rotatable bonds is 7. The second kappa shape index (κ2) is 7.77. The van der Waals surface area contributed by atoms with Gasteiger partial charge in [0, 0.05) is 19.2 Å². The number of methoxy groups -OCH3 is 1. The first-order valence-corrected chi connectivity index (χ1v) is 11.4. The lowest BCUT2D eigenvalue weighted by Crippen LogP contribution is -2.39. The number of amides is 2. The van der Waals surface area contributed by atoms with Gasteiger partial charge in [-0.1, -0.05) is 12.1 Å². The summed E-state index contributed by atoms with van der Waals surface area (Å²) in [7, 11) is -2.11. The Morgan fingerprint density at radius 1 is 1.07 bits per heavy atom. The number of sulfonamides is 1. The highest BCUT2D eigenvalue weighted by atomic mass is 32.2. The van der Waals surface area contributed by atoms with Crippen LogP contribution in [0.2, 0.25) is 0 Å². The van der Waals surface area contributed by atoms with Crippen LogP contribution in [0.5, 0.6) is 11.5 Å². The third-order valence-corrected chi connectivity index (χ3v) is 8.37. The van der Waals surface area contributed by atoms with Gasteiger partial charge in [0.25, 0.3) is 10.0 Å². The van der Waals surface area contributed by atoms with Crippen molar-refractivity contribution < 1.29 is 27.5 Å². The van der Waals surface area contributed by atoms with Crippen molar-refractivity contribution in [2.24, 2.45) is 11.8 Å². The third-order valence-electron chi connectivity index (χ3n) is 5.17. The van der Waals surface area contributed by atoms with Crippen molar-refractivity contribution in [3.05, 3.63) is 41.8 Å². The molecule has 0 aliphatic carbocycles. The number of carbonyl (C=O) groups is 2. The molecule has 154 valence electrons. The van der Waals surface area contributed by atoms with Crippen molar-refractivity contribution in [3.8, 4) is 11.5 Å². The number of likely N-dealkylation sites (tertiary alicyclic amines) is 1. The van der Waals surface area contributed by atoms with Gasteiger partial charge in [0.15, 0.2) is 0 Å². The number of nitrogens with zero attached hydrogens (tertiary/aromatic N) is 2. The summed E-state index contributed by atoms with van der Waals surface area (Å²) in [6, 6.07) is 10.2. The molecule has 4 rings (SSSR count). The van der Waals surface area contributed by atoms with E-state index in [4.69, 9.17) is 9.47 Å². The molecule has 0 N–H and O–H groups in total. The normalized spacial score (nSPS) is 22.2. The molecule has 3 heterocycles. The quantitative estimate of drug-likeness (QED) is 0.610. The second-order valence-corrected chi connectivity index (χ2v) is 9.94. The van der Waals surface area contributed by atoms with Crippen LogP contribution in [-0.4, -0.2) is 62.8 Å². The van der Waals surface area contributed by atoms with Gasteiger partial charge in [-0.3, -0.25) is 14.5 Å². The Kier molecular flexibility index (Phi) is 5.32. The molecule has 0 bridgehead atoms. The van der Waals surface area contributed by atoms with Crippen molar-refractivity contribution in [2.45, 2.75) is 4.21 Å². The van der Waals surface area contributed by atoms with E-state index in [1.54, 1.807) is 42.8 Å². The summed E-state index contributed by atoms with van der Waals surface area (Å²) in [4.78, 5) is 26.6. The van der Waals surface area contributed by atoms with Gasteiger partial charge in [0.1, 0.15) is 22.3 Å². The summed E-state index contributed by atoms with van der Waals surface area (Å²) in [5.74, 6) is -0.700. The van der Waals surface area contributed by atoms with Crippen molar-refractivity contribution >= 4 is 33.2 Å². The van der Waals surface area contributed by atoms with E-state index in [1.165, 1.54) is 15.3 Å². The van der Waals surface area contributed by atoms with E-state index in [2.05, 4.69) is 0 Å². The lowest BCUT2D eigenvalue weighted by molar-refractivity contribution is -0.140. The summed E-state index contributed by atoms with van der Waals surface area (Å²) in [5.41, 5.74) is 0. The molecule has 2 atom stereocenters. The third kappa shape index (κ3) is 3.63. The number of fused-ring (bicyclic) bond motifs is 1. The molecule has 2 saturated heterocycles. The standard InChI is InChI=1S/C19H20N2O6S2/c1-26-13-4-2-5-14(10-13)27-8-7-21-18(22)15-11-20(12-16(15)19(21)23)29(24,25)17-6-3-9-28-17/h2-6,9-10,15-16H,7-8,11-12H2,1H3. The van der Waals surface area contributed by atoms with Gasteiger partial charge in [-0.05, 0) is 23.6 Å². The van der Waals surface area contributed by atoms with Gasteiger partial charge in [-0.15, -0.1) is 11.3 Å². The van der Waals surface area contributed by atoms with Crippen molar-refractivity contribution in [3.63, 3.8) is 0 Å². The summed E-state index contributed by atoms with van der Waals surface area (Å²) in [6.07, 6.45) is 0. The Morgan fingerprint density at radius 2 is 1.76 bits per heavy atom. The Hall–Kier alpha value is -2.43. The Labute approximate surface area is 172 Å². The highest BCUT2D eigenvalue weighted by Gasteiger charge is 2.54. The Balaban J connectivity index is 1.38. The molecule has 8 nitrogen and oxygen atoms in total. The zero-order valence-corrected chi connectivity index (χ0v) is 17.3. The summed E-state index contributed by atoms with van der Waals surface area (Å²) in [5, 5.41) is 1.68. The van der Waals surface area contributed by atoms with Gasteiger partial charge < -0.3 is 9.47 Å². The highest BCUT2D eigenvalue weighted by molar-refractivity contribution is 7.91. The fourth-order valence-corrected chi connectivity index (χ4v) is 6.31. The lowest BCUT2D eigenvalue weighted by Gasteiger charge is -2.20. The predicted octanol–water partition coefficient (Wildman–Crippen LogP) is 1.44. The maximum absolute atomic E-state index is 12.7. The molecule has 0 radical (unpaired) electrons. The molecule has 2 fully saturated rings. The molecular weight excluding hydrogens is 416 g/mol. The Morgan fingerprint density at radius 3 is 2.38 bits per heavy atom. The first-order chi connectivity index (χ1) is 13.9. The van der Waals surface area contributed by atoms with E-state index in [0.717, 1.165) is 11.3 Å². The molecule has 2 aromatic rings. The van der Waals surface area contributed by atoms with Crippen molar-refractivity contribution in [1.29, 1.82) is 0 Å². The Bertz CT molecular complexity index is 997. The van der Waals surface area contributed by atoms with Crippen LogP contribution in [0.25, 0.3) is 0 Å². The smallest absolute Gasteiger partial charge is 0.252 e. The zero-order chi connectivity index (χ0) is 20.6. The monoisotopic (exact) mass is 436 g/mol. The van der Waals surface area contributed by atoms with E-state index < -0.39 is 21.9 Å². The highest BCUT2D eigenvalue weighted by Crippen LogP contribution is 2.36. The maximum atomic E-state index is 12.7.